The van der Waals surface area contributed by atoms with Gasteiger partial charge < -0.3 is 15.8 Å². The second kappa shape index (κ2) is 5.24. The lowest BCUT2D eigenvalue weighted by Gasteiger charge is -2.34. The van der Waals surface area contributed by atoms with E-state index in [1.54, 1.807) is 0 Å². The number of hydrogen-bond donors (Lipinski definition) is 2. The highest BCUT2D eigenvalue weighted by atomic mass is 16.5. The number of nitrogens with one attached hydrogen (secondary N) is 1. The standard InChI is InChI=1S/C17H24N2O2/c1-17(2)7-5-12(6-8-17)21-15-9-11-3-4-16(20)19-14(11)10-13(15)18/h9-10,12H,3-8,18H2,1-2H3,(H,19,20). The molecule has 1 aromatic rings. The van der Waals surface area contributed by atoms with Gasteiger partial charge >= 0.3 is 0 Å². The molecule has 2 aliphatic rings. The van der Waals surface area contributed by atoms with E-state index in [0.717, 1.165) is 36.3 Å². The number of nitrogens with two attached hydrogens (primary N) is 1. The van der Waals surface area contributed by atoms with E-state index >= 15 is 0 Å². The van der Waals surface area contributed by atoms with Crippen LogP contribution in [-0.2, 0) is 11.2 Å². The van der Waals surface area contributed by atoms with Gasteiger partial charge in [0.15, 0.2) is 0 Å². The molecule has 4 heteroatoms. The number of amides is 1. The average Bonchev–Trinajstić information content (AvgIpc) is 2.42. The second-order valence-corrected chi connectivity index (χ2v) is 7.08. The minimum atomic E-state index is 0.0603. The van der Waals surface area contributed by atoms with E-state index in [0.29, 0.717) is 17.5 Å². The maximum Gasteiger partial charge on any atom is 0.224 e. The van der Waals surface area contributed by atoms with Crippen molar-refractivity contribution >= 4 is 17.3 Å². The molecule has 0 bridgehead atoms. The number of rotatable bonds is 2. The predicted octanol–water partition coefficient (Wildman–Crippen LogP) is 3.50. The van der Waals surface area contributed by atoms with Crippen molar-refractivity contribution in [3.63, 3.8) is 0 Å². The lowest BCUT2D eigenvalue weighted by atomic mass is 9.76. The van der Waals surface area contributed by atoms with Gasteiger partial charge in [0, 0.05) is 12.1 Å². The van der Waals surface area contributed by atoms with Crippen LogP contribution in [0.15, 0.2) is 12.1 Å². The van der Waals surface area contributed by atoms with Crippen LogP contribution < -0.4 is 15.8 Å². The zero-order valence-electron chi connectivity index (χ0n) is 12.9. The minimum absolute atomic E-state index is 0.0603. The number of ether oxygens (including phenoxy) is 1. The third-order valence-electron chi connectivity index (χ3n) is 4.71. The Morgan fingerprint density at radius 2 is 1.95 bits per heavy atom. The highest BCUT2D eigenvalue weighted by molar-refractivity contribution is 5.94. The summed E-state index contributed by atoms with van der Waals surface area (Å²) in [4.78, 5) is 11.4. The normalized spacial score (nSPS) is 21.5. The molecule has 3 rings (SSSR count). The Balaban J connectivity index is 1.73. The number of anilines is 2. The van der Waals surface area contributed by atoms with Gasteiger partial charge in [-0.15, -0.1) is 0 Å². The van der Waals surface area contributed by atoms with Crippen LogP contribution in [0.4, 0.5) is 11.4 Å². The van der Waals surface area contributed by atoms with E-state index in [1.807, 2.05) is 12.1 Å². The summed E-state index contributed by atoms with van der Waals surface area (Å²) in [5.41, 5.74) is 9.09. The van der Waals surface area contributed by atoms with Gasteiger partial charge in [0.25, 0.3) is 0 Å². The number of benzene rings is 1. The van der Waals surface area contributed by atoms with Crippen molar-refractivity contribution in [3.05, 3.63) is 17.7 Å². The quantitative estimate of drug-likeness (QED) is 0.819. The van der Waals surface area contributed by atoms with Gasteiger partial charge in [0.05, 0.1) is 11.8 Å². The summed E-state index contributed by atoms with van der Waals surface area (Å²) in [7, 11) is 0. The Bertz CT molecular complexity index is 556. The van der Waals surface area contributed by atoms with E-state index in [1.165, 1.54) is 12.8 Å². The molecular weight excluding hydrogens is 264 g/mol. The van der Waals surface area contributed by atoms with Crippen molar-refractivity contribution in [1.82, 2.24) is 0 Å². The molecule has 0 saturated heterocycles. The topological polar surface area (TPSA) is 64.3 Å². The van der Waals surface area contributed by atoms with Crippen molar-refractivity contribution in [1.29, 1.82) is 0 Å². The molecule has 1 heterocycles. The number of hydrogen-bond acceptors (Lipinski definition) is 3. The first-order valence-electron chi connectivity index (χ1n) is 7.82. The van der Waals surface area contributed by atoms with Crippen molar-refractivity contribution in [2.75, 3.05) is 11.1 Å². The Morgan fingerprint density at radius 1 is 1.24 bits per heavy atom. The molecule has 0 spiro atoms. The predicted molar refractivity (Wildman–Crippen MR) is 84.5 cm³/mol. The molecule has 0 radical (unpaired) electrons. The van der Waals surface area contributed by atoms with E-state index in [2.05, 4.69) is 19.2 Å². The summed E-state index contributed by atoms with van der Waals surface area (Å²) < 4.78 is 6.13. The van der Waals surface area contributed by atoms with Crippen molar-refractivity contribution in [2.45, 2.75) is 58.5 Å². The third kappa shape index (κ3) is 3.14. The number of fused-ring (bicyclic) bond motifs is 1. The Morgan fingerprint density at radius 3 is 2.67 bits per heavy atom. The molecular formula is C17H24N2O2. The van der Waals surface area contributed by atoms with Gasteiger partial charge in [-0.3, -0.25) is 4.79 Å². The Labute approximate surface area is 126 Å². The summed E-state index contributed by atoms with van der Waals surface area (Å²) in [5.74, 6) is 0.833. The Kier molecular flexibility index (Phi) is 3.56. The first-order valence-corrected chi connectivity index (χ1v) is 7.82. The largest absolute Gasteiger partial charge is 0.488 e. The molecule has 1 amide bonds. The van der Waals surface area contributed by atoms with E-state index in [4.69, 9.17) is 10.5 Å². The summed E-state index contributed by atoms with van der Waals surface area (Å²) in [6.45, 7) is 4.64. The molecule has 1 aromatic carbocycles. The molecule has 1 aliphatic carbocycles. The molecule has 3 N–H and O–H groups in total. The first kappa shape index (κ1) is 14.2. The fourth-order valence-corrected chi connectivity index (χ4v) is 3.20. The molecule has 1 aliphatic heterocycles. The molecule has 114 valence electrons. The highest BCUT2D eigenvalue weighted by Gasteiger charge is 2.28. The molecule has 0 aromatic heterocycles. The maximum atomic E-state index is 11.4. The van der Waals surface area contributed by atoms with Crippen molar-refractivity contribution in [2.24, 2.45) is 5.41 Å². The summed E-state index contributed by atoms with van der Waals surface area (Å²) in [5, 5.41) is 2.87. The summed E-state index contributed by atoms with van der Waals surface area (Å²) in [6, 6.07) is 3.83. The van der Waals surface area contributed by atoms with Crippen LogP contribution in [0.25, 0.3) is 0 Å². The number of carbonyl (C=O) groups excluding carboxylic acids is 1. The fourth-order valence-electron chi connectivity index (χ4n) is 3.20. The fraction of sp³-hybridized carbons (Fsp3) is 0.588. The van der Waals surface area contributed by atoms with E-state index < -0.39 is 0 Å². The number of carbonyl (C=O) groups is 1. The van der Waals surface area contributed by atoms with Crippen LogP contribution in [0.1, 0.15) is 51.5 Å². The van der Waals surface area contributed by atoms with Crippen molar-refractivity contribution in [3.8, 4) is 5.75 Å². The first-order chi connectivity index (χ1) is 9.93. The molecule has 21 heavy (non-hydrogen) atoms. The van der Waals surface area contributed by atoms with Crippen molar-refractivity contribution < 1.29 is 9.53 Å². The lowest BCUT2D eigenvalue weighted by Crippen LogP contribution is -2.28. The molecule has 4 nitrogen and oxygen atoms in total. The van der Waals surface area contributed by atoms with Crippen LogP contribution >= 0.6 is 0 Å². The molecule has 1 saturated carbocycles. The zero-order valence-corrected chi connectivity index (χ0v) is 12.9. The molecule has 0 atom stereocenters. The molecule has 0 unspecified atom stereocenters. The third-order valence-corrected chi connectivity index (χ3v) is 4.71. The van der Waals surface area contributed by atoms with Gasteiger partial charge in [-0.25, -0.2) is 0 Å². The molecule has 1 fully saturated rings. The zero-order chi connectivity index (χ0) is 15.0. The summed E-state index contributed by atoms with van der Waals surface area (Å²) in [6.07, 6.45) is 6.11. The SMILES string of the molecule is CC1(C)CCC(Oc2cc3c(cc2N)NC(=O)CC3)CC1. The lowest BCUT2D eigenvalue weighted by molar-refractivity contribution is -0.116. The number of aryl methyl sites for hydroxylation is 1. The summed E-state index contributed by atoms with van der Waals surface area (Å²) >= 11 is 0. The number of nitrogen functional groups attached to an aromatic ring is 1. The van der Waals surface area contributed by atoms with Crippen LogP contribution in [0.2, 0.25) is 0 Å². The second-order valence-electron chi connectivity index (χ2n) is 7.08. The van der Waals surface area contributed by atoms with Gasteiger partial charge in [-0.2, -0.15) is 0 Å². The van der Waals surface area contributed by atoms with Gasteiger partial charge in [-0.1, -0.05) is 13.8 Å². The van der Waals surface area contributed by atoms with Crippen LogP contribution in [0.3, 0.4) is 0 Å². The minimum Gasteiger partial charge on any atom is -0.488 e. The van der Waals surface area contributed by atoms with Gasteiger partial charge in [0.1, 0.15) is 5.75 Å². The highest BCUT2D eigenvalue weighted by Crippen LogP contribution is 2.39. The van der Waals surface area contributed by atoms with Crippen LogP contribution in [0.5, 0.6) is 5.75 Å². The smallest absolute Gasteiger partial charge is 0.224 e. The van der Waals surface area contributed by atoms with E-state index in [-0.39, 0.29) is 12.0 Å². The Hall–Kier alpha value is -1.71. The van der Waals surface area contributed by atoms with E-state index in [9.17, 15) is 4.79 Å². The average molecular weight is 288 g/mol. The van der Waals surface area contributed by atoms with Crippen LogP contribution in [0, 0.1) is 5.41 Å². The van der Waals surface area contributed by atoms with Gasteiger partial charge in [0.2, 0.25) is 5.91 Å². The van der Waals surface area contributed by atoms with Gasteiger partial charge in [-0.05, 0) is 55.2 Å². The monoisotopic (exact) mass is 288 g/mol. The van der Waals surface area contributed by atoms with Crippen LogP contribution in [-0.4, -0.2) is 12.0 Å². The maximum absolute atomic E-state index is 11.4.